The number of aryl methyl sites for hydroxylation is 1. The first kappa shape index (κ1) is 8.59. The van der Waals surface area contributed by atoms with Crippen LogP contribution >= 0.6 is 0 Å². The van der Waals surface area contributed by atoms with Gasteiger partial charge in [-0.2, -0.15) is 0 Å². The molecule has 0 aromatic heterocycles. The van der Waals surface area contributed by atoms with Crippen LogP contribution in [0.15, 0.2) is 12.1 Å². The summed E-state index contributed by atoms with van der Waals surface area (Å²) in [5.74, 6) is -0.736. The molecule has 0 atom stereocenters. The number of rotatable bonds is 2. The molecule has 0 N–H and O–H groups in total. The smallest absolute Gasteiger partial charge is 0.153 e. The number of hydrogen-bond donors (Lipinski definition) is 0. The first-order chi connectivity index (χ1) is 5.70. The molecule has 12 heavy (non-hydrogen) atoms. The van der Waals surface area contributed by atoms with Crippen molar-refractivity contribution in [2.24, 2.45) is 0 Å². The third kappa shape index (κ3) is 1.25. The molecular weight excluding hydrogens is 159 g/mol. The Labute approximate surface area is 69.0 Å². The quantitative estimate of drug-likeness (QED) is 0.627. The molecule has 0 aliphatic carbocycles. The Bertz CT molecular complexity index is 332. The van der Waals surface area contributed by atoms with Crippen molar-refractivity contribution < 1.29 is 14.0 Å². The van der Waals surface area contributed by atoms with Gasteiger partial charge in [0, 0.05) is 0 Å². The highest BCUT2D eigenvalue weighted by Gasteiger charge is 2.08. The van der Waals surface area contributed by atoms with Crippen molar-refractivity contribution in [1.82, 2.24) is 0 Å². The molecule has 0 saturated carbocycles. The van der Waals surface area contributed by atoms with Crippen LogP contribution < -0.4 is 0 Å². The van der Waals surface area contributed by atoms with Gasteiger partial charge < -0.3 is 0 Å². The molecule has 3 heteroatoms. The topological polar surface area (TPSA) is 34.1 Å². The van der Waals surface area contributed by atoms with Crippen molar-refractivity contribution in [3.05, 3.63) is 34.6 Å². The van der Waals surface area contributed by atoms with Gasteiger partial charge >= 0.3 is 0 Å². The van der Waals surface area contributed by atoms with E-state index in [-0.39, 0.29) is 11.1 Å². The summed E-state index contributed by atoms with van der Waals surface area (Å²) >= 11 is 0. The summed E-state index contributed by atoms with van der Waals surface area (Å²) in [4.78, 5) is 20.6. The van der Waals surface area contributed by atoms with E-state index in [9.17, 15) is 14.0 Å². The Balaban J connectivity index is 3.43. The van der Waals surface area contributed by atoms with Crippen molar-refractivity contribution in [1.29, 1.82) is 0 Å². The second-order valence-corrected chi connectivity index (χ2v) is 2.44. The van der Waals surface area contributed by atoms with E-state index in [1.54, 1.807) is 6.92 Å². The molecule has 2 nitrogen and oxygen atoms in total. The predicted octanol–water partition coefficient (Wildman–Crippen LogP) is 1.76. The van der Waals surface area contributed by atoms with Crippen LogP contribution in [0.1, 0.15) is 26.3 Å². The highest BCUT2D eigenvalue weighted by Crippen LogP contribution is 2.13. The molecule has 0 unspecified atom stereocenters. The fraction of sp³-hybridized carbons (Fsp3) is 0.111. The van der Waals surface area contributed by atoms with E-state index >= 15 is 0 Å². The zero-order chi connectivity index (χ0) is 9.14. The van der Waals surface area contributed by atoms with Crippen molar-refractivity contribution in [2.45, 2.75) is 6.92 Å². The van der Waals surface area contributed by atoms with E-state index < -0.39 is 5.82 Å². The Kier molecular flexibility index (Phi) is 2.33. The molecule has 1 aromatic rings. The molecule has 0 spiro atoms. The van der Waals surface area contributed by atoms with Gasteiger partial charge in [0.1, 0.15) is 5.82 Å². The molecule has 62 valence electrons. The van der Waals surface area contributed by atoms with Crippen LogP contribution in [0.25, 0.3) is 0 Å². The summed E-state index contributed by atoms with van der Waals surface area (Å²) in [5.41, 5.74) is 0.412. The van der Waals surface area contributed by atoms with E-state index in [4.69, 9.17) is 0 Å². The van der Waals surface area contributed by atoms with Gasteiger partial charge in [-0.3, -0.25) is 9.59 Å². The van der Waals surface area contributed by atoms with E-state index in [0.29, 0.717) is 18.1 Å². The van der Waals surface area contributed by atoms with Crippen LogP contribution in [0.3, 0.4) is 0 Å². The number of halogens is 1. The van der Waals surface area contributed by atoms with Crippen molar-refractivity contribution in [3.63, 3.8) is 0 Å². The van der Waals surface area contributed by atoms with Gasteiger partial charge in [0.05, 0.1) is 11.1 Å². The molecule has 1 aromatic carbocycles. The first-order valence-electron chi connectivity index (χ1n) is 3.40. The van der Waals surface area contributed by atoms with E-state index in [2.05, 4.69) is 0 Å². The van der Waals surface area contributed by atoms with Crippen LogP contribution in [0, 0.1) is 12.7 Å². The highest BCUT2D eigenvalue weighted by atomic mass is 19.1. The minimum atomic E-state index is -0.736. The minimum absolute atomic E-state index is 0.0420. The van der Waals surface area contributed by atoms with Gasteiger partial charge in [-0.15, -0.1) is 0 Å². The van der Waals surface area contributed by atoms with E-state index in [0.717, 1.165) is 0 Å². The Morgan fingerprint density at radius 2 is 1.92 bits per heavy atom. The van der Waals surface area contributed by atoms with Gasteiger partial charge in [-0.1, -0.05) is 6.07 Å². The van der Waals surface area contributed by atoms with Crippen LogP contribution in [0.5, 0.6) is 0 Å². The van der Waals surface area contributed by atoms with Crippen molar-refractivity contribution >= 4 is 12.6 Å². The molecule has 0 heterocycles. The molecule has 0 bridgehead atoms. The first-order valence-corrected chi connectivity index (χ1v) is 3.40. The Morgan fingerprint density at radius 3 is 2.42 bits per heavy atom. The molecule has 1 rings (SSSR count). The van der Waals surface area contributed by atoms with Gasteiger partial charge in [-0.05, 0) is 18.6 Å². The minimum Gasteiger partial charge on any atom is -0.298 e. The Morgan fingerprint density at radius 1 is 1.25 bits per heavy atom. The maximum absolute atomic E-state index is 13.1. The van der Waals surface area contributed by atoms with E-state index in [1.165, 1.54) is 12.1 Å². The van der Waals surface area contributed by atoms with Crippen molar-refractivity contribution in [3.8, 4) is 0 Å². The second-order valence-electron chi connectivity index (χ2n) is 2.44. The summed E-state index contributed by atoms with van der Waals surface area (Å²) in [6.45, 7) is 1.61. The van der Waals surface area contributed by atoms with Crippen LogP contribution in [0.4, 0.5) is 4.39 Å². The molecule has 0 aliphatic heterocycles. The van der Waals surface area contributed by atoms with E-state index in [1.807, 2.05) is 0 Å². The lowest BCUT2D eigenvalue weighted by Crippen LogP contribution is -1.97. The SMILES string of the molecule is Cc1ccc(C=O)c(F)c1C=O. The number of benzene rings is 1. The monoisotopic (exact) mass is 166 g/mol. The highest BCUT2D eigenvalue weighted by molar-refractivity contribution is 5.84. The van der Waals surface area contributed by atoms with Gasteiger partial charge in [0.25, 0.3) is 0 Å². The lowest BCUT2D eigenvalue weighted by atomic mass is 10.1. The van der Waals surface area contributed by atoms with Crippen molar-refractivity contribution in [2.75, 3.05) is 0 Å². The summed E-state index contributed by atoms with van der Waals surface area (Å²) in [5, 5.41) is 0. The van der Waals surface area contributed by atoms with Gasteiger partial charge in [0.15, 0.2) is 12.6 Å². The summed E-state index contributed by atoms with van der Waals surface area (Å²) in [6.07, 6.45) is 0.805. The predicted molar refractivity (Wildman–Crippen MR) is 41.9 cm³/mol. The third-order valence-corrected chi connectivity index (χ3v) is 1.67. The average Bonchev–Trinajstić information content (AvgIpc) is 2.06. The van der Waals surface area contributed by atoms with Crippen LogP contribution in [0.2, 0.25) is 0 Å². The number of hydrogen-bond acceptors (Lipinski definition) is 2. The fourth-order valence-electron chi connectivity index (χ4n) is 0.942. The zero-order valence-electron chi connectivity index (χ0n) is 6.50. The number of aldehydes is 2. The van der Waals surface area contributed by atoms with Gasteiger partial charge in [-0.25, -0.2) is 4.39 Å². The van der Waals surface area contributed by atoms with Crippen LogP contribution in [-0.2, 0) is 0 Å². The molecule has 0 saturated heterocycles. The lowest BCUT2D eigenvalue weighted by Gasteiger charge is -2.00. The molecular formula is C9H7FO2. The number of carbonyl (C=O) groups is 2. The number of carbonyl (C=O) groups excluding carboxylic acids is 2. The third-order valence-electron chi connectivity index (χ3n) is 1.67. The largest absolute Gasteiger partial charge is 0.298 e. The standard InChI is InChI=1S/C9H7FO2/c1-6-2-3-7(4-11)9(10)8(6)5-12/h2-5H,1H3. The normalized spacial score (nSPS) is 9.50. The lowest BCUT2D eigenvalue weighted by molar-refractivity contribution is 0.111. The average molecular weight is 166 g/mol. The molecule has 0 fully saturated rings. The molecule has 0 amide bonds. The molecule has 0 radical (unpaired) electrons. The van der Waals surface area contributed by atoms with Crippen LogP contribution in [-0.4, -0.2) is 12.6 Å². The summed E-state index contributed by atoms with van der Waals surface area (Å²) < 4.78 is 13.1. The maximum atomic E-state index is 13.1. The Hall–Kier alpha value is -1.51. The summed E-state index contributed by atoms with van der Waals surface area (Å²) in [6, 6.07) is 2.89. The second kappa shape index (κ2) is 3.26. The molecule has 0 aliphatic rings. The maximum Gasteiger partial charge on any atom is 0.153 e. The zero-order valence-corrected chi connectivity index (χ0v) is 6.50. The fourth-order valence-corrected chi connectivity index (χ4v) is 0.942. The van der Waals surface area contributed by atoms with Gasteiger partial charge in [0.2, 0.25) is 0 Å². The summed E-state index contributed by atoms with van der Waals surface area (Å²) in [7, 11) is 0.